The number of nitrogens with two attached hydrogens (primary N) is 1. The Bertz CT molecular complexity index is 571. The summed E-state index contributed by atoms with van der Waals surface area (Å²) in [4.78, 5) is 7.01. The Morgan fingerprint density at radius 2 is 2.24 bits per heavy atom. The molecule has 1 aromatic rings. The van der Waals surface area contributed by atoms with Crippen LogP contribution in [0.4, 0.5) is 11.5 Å². The summed E-state index contributed by atoms with van der Waals surface area (Å²) < 4.78 is 0. The first kappa shape index (κ1) is 14.2. The first-order chi connectivity index (χ1) is 10.1. The van der Waals surface area contributed by atoms with Crippen molar-refractivity contribution in [1.29, 1.82) is 5.26 Å². The van der Waals surface area contributed by atoms with Crippen molar-refractivity contribution in [2.24, 2.45) is 5.92 Å². The van der Waals surface area contributed by atoms with E-state index in [4.69, 9.17) is 10.7 Å². The fourth-order valence-corrected chi connectivity index (χ4v) is 2.96. The van der Waals surface area contributed by atoms with Gasteiger partial charge in [-0.25, -0.2) is 4.98 Å². The van der Waals surface area contributed by atoms with E-state index in [0.717, 1.165) is 31.1 Å². The average Bonchev–Trinajstić information content (AvgIpc) is 3.31. The molecular formula is C16H23N5. The van der Waals surface area contributed by atoms with Gasteiger partial charge in [-0.1, -0.05) is 13.8 Å². The zero-order chi connectivity index (χ0) is 15.0. The predicted octanol–water partition coefficient (Wildman–Crippen LogP) is 1.85. The summed E-state index contributed by atoms with van der Waals surface area (Å²) in [6.07, 6.45) is 2.33. The average molecular weight is 285 g/mol. The van der Waals surface area contributed by atoms with Crippen molar-refractivity contribution in [3.05, 3.63) is 17.3 Å². The van der Waals surface area contributed by atoms with Crippen LogP contribution in [0.25, 0.3) is 0 Å². The molecule has 1 aromatic heterocycles. The molecule has 1 aliphatic heterocycles. The van der Waals surface area contributed by atoms with Crippen molar-refractivity contribution in [2.75, 3.05) is 30.3 Å². The molecule has 1 unspecified atom stereocenters. The number of nitriles is 1. The Hall–Kier alpha value is -1.80. The molecule has 0 amide bonds. The van der Waals surface area contributed by atoms with E-state index in [1.54, 1.807) is 0 Å². The molecule has 5 heteroatoms. The second-order valence-electron chi connectivity index (χ2n) is 6.47. The van der Waals surface area contributed by atoms with Crippen LogP contribution in [0.1, 0.15) is 43.9 Å². The van der Waals surface area contributed by atoms with Crippen LogP contribution in [-0.4, -0.2) is 30.7 Å². The summed E-state index contributed by atoms with van der Waals surface area (Å²) in [6.45, 7) is 7.15. The summed E-state index contributed by atoms with van der Waals surface area (Å²) in [5.74, 6) is 1.89. The molecule has 3 rings (SSSR count). The second-order valence-corrected chi connectivity index (χ2v) is 6.47. The maximum Gasteiger partial charge on any atom is 0.147 e. The third-order valence-electron chi connectivity index (χ3n) is 4.46. The summed E-state index contributed by atoms with van der Waals surface area (Å²) >= 11 is 0. The van der Waals surface area contributed by atoms with Gasteiger partial charge in [-0.3, -0.25) is 0 Å². The number of nitrogens with zero attached hydrogens (tertiary/aromatic N) is 3. The summed E-state index contributed by atoms with van der Waals surface area (Å²) in [5, 5.41) is 12.9. The highest BCUT2D eigenvalue weighted by atomic mass is 15.2. The van der Waals surface area contributed by atoms with Crippen molar-refractivity contribution < 1.29 is 0 Å². The predicted molar refractivity (Wildman–Crippen MR) is 84.2 cm³/mol. The molecule has 0 radical (unpaired) electrons. The molecule has 2 fully saturated rings. The van der Waals surface area contributed by atoms with Gasteiger partial charge >= 0.3 is 0 Å². The number of anilines is 2. The molecule has 1 atom stereocenters. The van der Waals surface area contributed by atoms with Gasteiger partial charge in [-0.05, 0) is 24.8 Å². The monoisotopic (exact) mass is 285 g/mol. The number of nitrogens with one attached hydrogen (secondary N) is 1. The molecule has 0 aromatic carbocycles. The highest BCUT2D eigenvalue weighted by Crippen LogP contribution is 2.42. The highest BCUT2D eigenvalue weighted by molar-refractivity contribution is 5.63. The summed E-state index contributed by atoms with van der Waals surface area (Å²) in [7, 11) is 0. The number of hydrogen-bond acceptors (Lipinski definition) is 5. The van der Waals surface area contributed by atoms with Gasteiger partial charge in [0.2, 0.25) is 0 Å². The molecule has 0 bridgehead atoms. The molecule has 1 aliphatic carbocycles. The molecule has 112 valence electrons. The lowest BCUT2D eigenvalue weighted by atomic mass is 10.0. The first-order valence-corrected chi connectivity index (χ1v) is 7.79. The molecule has 2 heterocycles. The van der Waals surface area contributed by atoms with E-state index in [1.165, 1.54) is 12.8 Å². The van der Waals surface area contributed by atoms with Gasteiger partial charge in [0, 0.05) is 31.6 Å². The number of nitrogen functional groups attached to an aromatic ring is 1. The number of pyridine rings is 1. The van der Waals surface area contributed by atoms with E-state index in [0.29, 0.717) is 29.1 Å². The Balaban J connectivity index is 1.93. The lowest BCUT2D eigenvalue weighted by Crippen LogP contribution is -2.53. The smallest absolute Gasteiger partial charge is 0.147 e. The van der Waals surface area contributed by atoms with Gasteiger partial charge in [0.15, 0.2) is 0 Å². The van der Waals surface area contributed by atoms with Gasteiger partial charge in [0.05, 0.1) is 16.9 Å². The number of aromatic nitrogens is 1. The van der Waals surface area contributed by atoms with Crippen molar-refractivity contribution in [2.45, 2.75) is 38.6 Å². The standard InChI is InChI=1S/C16H23N5/c1-10(2)14-9-21(6-5-19-14)16-12(8-17)7-13(18)15(20-16)11-3-4-11/h7,10-11,14,19H,3-6,9,18H2,1-2H3. The van der Waals surface area contributed by atoms with Crippen molar-refractivity contribution in [1.82, 2.24) is 10.3 Å². The van der Waals surface area contributed by atoms with E-state index < -0.39 is 0 Å². The van der Waals surface area contributed by atoms with E-state index in [-0.39, 0.29) is 0 Å². The van der Waals surface area contributed by atoms with Crippen LogP contribution >= 0.6 is 0 Å². The summed E-state index contributed by atoms with van der Waals surface area (Å²) in [6, 6.07) is 4.51. The SMILES string of the molecule is CC(C)C1CN(c2nc(C3CC3)c(N)cc2C#N)CCN1. The molecular weight excluding hydrogens is 262 g/mol. The Kier molecular flexibility index (Phi) is 3.73. The minimum absolute atomic E-state index is 0.439. The Morgan fingerprint density at radius 1 is 1.48 bits per heavy atom. The third-order valence-corrected chi connectivity index (χ3v) is 4.46. The number of hydrogen-bond donors (Lipinski definition) is 2. The molecule has 0 spiro atoms. The molecule has 1 saturated heterocycles. The molecule has 3 N–H and O–H groups in total. The van der Waals surface area contributed by atoms with Crippen molar-refractivity contribution >= 4 is 11.5 Å². The van der Waals surface area contributed by atoms with Crippen molar-refractivity contribution in [3.63, 3.8) is 0 Å². The van der Waals surface area contributed by atoms with Crippen LogP contribution in [0.15, 0.2) is 6.07 Å². The molecule has 21 heavy (non-hydrogen) atoms. The normalized spacial score (nSPS) is 22.4. The fraction of sp³-hybridized carbons (Fsp3) is 0.625. The van der Waals surface area contributed by atoms with Gasteiger partial charge in [-0.2, -0.15) is 5.26 Å². The Labute approximate surface area is 126 Å². The minimum Gasteiger partial charge on any atom is -0.397 e. The Morgan fingerprint density at radius 3 is 2.86 bits per heavy atom. The van der Waals surface area contributed by atoms with Crippen LogP contribution in [0.3, 0.4) is 0 Å². The molecule has 1 saturated carbocycles. The minimum atomic E-state index is 0.439. The zero-order valence-electron chi connectivity index (χ0n) is 12.8. The molecule has 5 nitrogen and oxygen atoms in total. The molecule has 2 aliphatic rings. The van der Waals surface area contributed by atoms with E-state index in [9.17, 15) is 5.26 Å². The van der Waals surface area contributed by atoms with Crippen LogP contribution in [0.5, 0.6) is 0 Å². The largest absolute Gasteiger partial charge is 0.397 e. The third kappa shape index (κ3) is 2.81. The number of piperazine rings is 1. The van der Waals surface area contributed by atoms with Gasteiger partial charge in [0.25, 0.3) is 0 Å². The summed E-state index contributed by atoms with van der Waals surface area (Å²) in [5.41, 5.74) is 8.33. The van der Waals surface area contributed by atoms with E-state index >= 15 is 0 Å². The topological polar surface area (TPSA) is 78.0 Å². The fourth-order valence-electron chi connectivity index (χ4n) is 2.96. The van der Waals surface area contributed by atoms with E-state index in [1.807, 2.05) is 6.07 Å². The van der Waals surface area contributed by atoms with Crippen LogP contribution in [0, 0.1) is 17.2 Å². The highest BCUT2D eigenvalue weighted by Gasteiger charge is 2.30. The quantitative estimate of drug-likeness (QED) is 0.886. The first-order valence-electron chi connectivity index (χ1n) is 7.79. The maximum atomic E-state index is 9.41. The van der Waals surface area contributed by atoms with Crippen LogP contribution in [0.2, 0.25) is 0 Å². The number of rotatable bonds is 3. The van der Waals surface area contributed by atoms with Gasteiger partial charge in [0.1, 0.15) is 11.9 Å². The maximum absolute atomic E-state index is 9.41. The van der Waals surface area contributed by atoms with Crippen molar-refractivity contribution in [3.8, 4) is 6.07 Å². The van der Waals surface area contributed by atoms with Gasteiger partial charge in [-0.15, -0.1) is 0 Å². The second kappa shape index (κ2) is 5.53. The lowest BCUT2D eigenvalue weighted by molar-refractivity contribution is 0.367. The van der Waals surface area contributed by atoms with Gasteiger partial charge < -0.3 is 16.0 Å². The van der Waals surface area contributed by atoms with Crippen LogP contribution < -0.4 is 16.0 Å². The van der Waals surface area contributed by atoms with Crippen LogP contribution in [-0.2, 0) is 0 Å². The lowest BCUT2D eigenvalue weighted by Gasteiger charge is -2.37. The zero-order valence-corrected chi connectivity index (χ0v) is 12.8. The van der Waals surface area contributed by atoms with E-state index in [2.05, 4.69) is 30.1 Å².